The molecule has 1 aromatic heterocycles. The summed E-state index contributed by atoms with van der Waals surface area (Å²) < 4.78 is 17.1. The van der Waals surface area contributed by atoms with Crippen LogP contribution >= 0.6 is 11.8 Å². The molecule has 0 spiro atoms. The third-order valence-electron chi connectivity index (χ3n) is 5.32. The Labute approximate surface area is 183 Å². The molecule has 9 heteroatoms. The number of ether oxygens (including phenoxy) is 2. The molecular formula is C22H21N3O5S. The minimum Gasteiger partial charge on any atom is -0.485 e. The Hall–Kier alpha value is -3.20. The van der Waals surface area contributed by atoms with Crippen LogP contribution in [-0.2, 0) is 9.59 Å². The molecule has 8 nitrogen and oxygen atoms in total. The number of aromatic nitrogens is 1. The summed E-state index contributed by atoms with van der Waals surface area (Å²) in [5.74, 6) is 1.38. The van der Waals surface area contributed by atoms with E-state index >= 15 is 0 Å². The molecule has 0 saturated carbocycles. The first-order chi connectivity index (χ1) is 15.2. The SMILES string of the molecule is O=C(CSc1nc2ccccc2o1)N1CCN(C(=O)[C@H]2COc3ccccc3O2)CC1. The lowest BCUT2D eigenvalue weighted by atomic mass is 10.2. The number of rotatable bonds is 4. The van der Waals surface area contributed by atoms with Crippen LogP contribution in [0.4, 0.5) is 0 Å². The maximum absolute atomic E-state index is 12.8. The summed E-state index contributed by atoms with van der Waals surface area (Å²) in [5.41, 5.74) is 1.49. The fourth-order valence-corrected chi connectivity index (χ4v) is 4.39. The van der Waals surface area contributed by atoms with Crippen molar-refractivity contribution >= 4 is 34.7 Å². The number of benzene rings is 2. The Kier molecular flexibility index (Phi) is 5.42. The number of oxazole rings is 1. The predicted molar refractivity (Wildman–Crippen MR) is 114 cm³/mol. The summed E-state index contributed by atoms with van der Waals surface area (Å²) in [6, 6.07) is 14.8. The van der Waals surface area contributed by atoms with Crippen LogP contribution in [0.3, 0.4) is 0 Å². The van der Waals surface area contributed by atoms with Crippen LogP contribution in [-0.4, -0.2) is 71.2 Å². The van der Waals surface area contributed by atoms with E-state index in [9.17, 15) is 9.59 Å². The molecule has 31 heavy (non-hydrogen) atoms. The first-order valence-electron chi connectivity index (χ1n) is 10.1. The Morgan fingerprint density at radius 2 is 1.68 bits per heavy atom. The zero-order valence-electron chi connectivity index (χ0n) is 16.7. The third-order valence-corrected chi connectivity index (χ3v) is 6.13. The quantitative estimate of drug-likeness (QED) is 0.577. The summed E-state index contributed by atoms with van der Waals surface area (Å²) in [6.07, 6.45) is -0.660. The van der Waals surface area contributed by atoms with E-state index in [-0.39, 0.29) is 24.2 Å². The molecule has 0 unspecified atom stereocenters. The smallest absolute Gasteiger partial charge is 0.267 e. The second-order valence-corrected chi connectivity index (χ2v) is 8.23. The van der Waals surface area contributed by atoms with Gasteiger partial charge in [-0.1, -0.05) is 36.0 Å². The summed E-state index contributed by atoms with van der Waals surface area (Å²) in [4.78, 5) is 33.3. The Balaban J connectivity index is 1.11. The molecular weight excluding hydrogens is 418 g/mol. The number of amides is 2. The van der Waals surface area contributed by atoms with E-state index < -0.39 is 6.10 Å². The second-order valence-electron chi connectivity index (χ2n) is 7.31. The number of para-hydroxylation sites is 4. The van der Waals surface area contributed by atoms with Crippen LogP contribution in [0.2, 0.25) is 0 Å². The van der Waals surface area contributed by atoms with Crippen molar-refractivity contribution in [1.82, 2.24) is 14.8 Å². The zero-order valence-corrected chi connectivity index (χ0v) is 17.5. The minimum atomic E-state index is -0.660. The first kappa shape index (κ1) is 19.7. The van der Waals surface area contributed by atoms with Crippen molar-refractivity contribution in [3.8, 4) is 11.5 Å². The fourth-order valence-electron chi connectivity index (χ4n) is 3.65. The molecule has 0 N–H and O–H groups in total. The summed E-state index contributed by atoms with van der Waals surface area (Å²) in [7, 11) is 0. The van der Waals surface area contributed by atoms with Crippen LogP contribution in [0.25, 0.3) is 11.1 Å². The summed E-state index contributed by atoms with van der Waals surface area (Å²) in [6.45, 7) is 2.11. The van der Waals surface area contributed by atoms with Crippen molar-refractivity contribution in [1.29, 1.82) is 0 Å². The largest absolute Gasteiger partial charge is 0.485 e. The van der Waals surface area contributed by atoms with Gasteiger partial charge >= 0.3 is 0 Å². The monoisotopic (exact) mass is 439 g/mol. The van der Waals surface area contributed by atoms with Crippen LogP contribution in [0, 0.1) is 0 Å². The van der Waals surface area contributed by atoms with Crippen molar-refractivity contribution in [3.05, 3.63) is 48.5 Å². The number of hydrogen-bond acceptors (Lipinski definition) is 7. The molecule has 0 bridgehead atoms. The van der Waals surface area contributed by atoms with Crippen molar-refractivity contribution < 1.29 is 23.5 Å². The Bertz CT molecular complexity index is 1080. The average Bonchev–Trinajstić information content (AvgIpc) is 3.25. The number of piperazine rings is 1. The minimum absolute atomic E-state index is 0.00512. The van der Waals surface area contributed by atoms with Gasteiger partial charge in [0.1, 0.15) is 12.1 Å². The van der Waals surface area contributed by atoms with E-state index in [1.165, 1.54) is 11.8 Å². The molecule has 1 saturated heterocycles. The van der Waals surface area contributed by atoms with E-state index in [4.69, 9.17) is 13.9 Å². The lowest BCUT2D eigenvalue weighted by molar-refractivity contribution is -0.145. The molecule has 160 valence electrons. The topological polar surface area (TPSA) is 85.1 Å². The van der Waals surface area contributed by atoms with Gasteiger partial charge in [-0.25, -0.2) is 4.98 Å². The van der Waals surface area contributed by atoms with E-state index in [0.717, 1.165) is 5.52 Å². The maximum Gasteiger partial charge on any atom is 0.267 e. The lowest BCUT2D eigenvalue weighted by Gasteiger charge is -2.37. The third kappa shape index (κ3) is 4.18. The van der Waals surface area contributed by atoms with Crippen LogP contribution < -0.4 is 9.47 Å². The van der Waals surface area contributed by atoms with E-state index in [2.05, 4.69) is 4.98 Å². The highest BCUT2D eigenvalue weighted by Gasteiger charge is 2.33. The van der Waals surface area contributed by atoms with Gasteiger partial charge in [-0.05, 0) is 24.3 Å². The molecule has 2 aromatic carbocycles. The maximum atomic E-state index is 12.8. The van der Waals surface area contributed by atoms with E-state index in [1.807, 2.05) is 42.5 Å². The normalized spacial score (nSPS) is 18.3. The van der Waals surface area contributed by atoms with Gasteiger partial charge < -0.3 is 23.7 Å². The molecule has 1 fully saturated rings. The molecule has 1 atom stereocenters. The highest BCUT2D eigenvalue weighted by Crippen LogP contribution is 2.31. The van der Waals surface area contributed by atoms with Crippen LogP contribution in [0.5, 0.6) is 11.5 Å². The van der Waals surface area contributed by atoms with E-state index in [1.54, 1.807) is 15.9 Å². The van der Waals surface area contributed by atoms with Gasteiger partial charge in [0, 0.05) is 26.2 Å². The molecule has 2 amide bonds. The molecule has 5 rings (SSSR count). The number of carbonyl (C=O) groups is 2. The highest BCUT2D eigenvalue weighted by molar-refractivity contribution is 7.99. The first-order valence-corrected chi connectivity index (χ1v) is 11.1. The lowest BCUT2D eigenvalue weighted by Crippen LogP contribution is -2.55. The van der Waals surface area contributed by atoms with Crippen molar-refractivity contribution in [2.75, 3.05) is 38.5 Å². The van der Waals surface area contributed by atoms with Crippen molar-refractivity contribution in [3.63, 3.8) is 0 Å². The predicted octanol–water partition coefficient (Wildman–Crippen LogP) is 2.43. The molecule has 2 aliphatic rings. The molecule has 2 aliphatic heterocycles. The molecule has 3 heterocycles. The number of thioether (sulfide) groups is 1. The van der Waals surface area contributed by atoms with Gasteiger partial charge in [-0.3, -0.25) is 9.59 Å². The van der Waals surface area contributed by atoms with Gasteiger partial charge in [0.15, 0.2) is 17.1 Å². The highest BCUT2D eigenvalue weighted by atomic mass is 32.2. The van der Waals surface area contributed by atoms with E-state index in [0.29, 0.717) is 48.5 Å². The molecule has 0 aliphatic carbocycles. The standard InChI is InChI=1S/C22H21N3O5S/c26-20(14-31-22-23-15-5-1-2-6-16(15)30-22)24-9-11-25(12-10-24)21(27)19-13-28-17-7-3-4-8-18(17)29-19/h1-8,19H,9-14H2/t19-/m1/s1. The van der Waals surface area contributed by atoms with Gasteiger partial charge in [-0.2, -0.15) is 0 Å². The average molecular weight is 439 g/mol. The van der Waals surface area contributed by atoms with Gasteiger partial charge in [0.2, 0.25) is 12.0 Å². The van der Waals surface area contributed by atoms with Crippen LogP contribution in [0.1, 0.15) is 0 Å². The van der Waals surface area contributed by atoms with Gasteiger partial charge in [0.05, 0.1) is 5.75 Å². The number of fused-ring (bicyclic) bond motifs is 2. The zero-order chi connectivity index (χ0) is 21.2. The van der Waals surface area contributed by atoms with Gasteiger partial charge in [-0.15, -0.1) is 0 Å². The van der Waals surface area contributed by atoms with Crippen molar-refractivity contribution in [2.24, 2.45) is 0 Å². The molecule has 3 aromatic rings. The summed E-state index contributed by atoms with van der Waals surface area (Å²) in [5, 5.41) is 0.484. The second kappa shape index (κ2) is 8.50. The van der Waals surface area contributed by atoms with Gasteiger partial charge in [0.25, 0.3) is 11.1 Å². The summed E-state index contributed by atoms with van der Waals surface area (Å²) >= 11 is 1.29. The Morgan fingerprint density at radius 3 is 2.48 bits per heavy atom. The van der Waals surface area contributed by atoms with Crippen LogP contribution in [0.15, 0.2) is 58.2 Å². The molecule has 0 radical (unpaired) electrons. The fraction of sp³-hybridized carbons (Fsp3) is 0.318. The number of hydrogen-bond donors (Lipinski definition) is 0. The number of nitrogens with zero attached hydrogens (tertiary/aromatic N) is 3. The number of carbonyl (C=O) groups excluding carboxylic acids is 2. The Morgan fingerprint density at radius 1 is 0.968 bits per heavy atom. The van der Waals surface area contributed by atoms with Crippen molar-refractivity contribution in [2.45, 2.75) is 11.3 Å².